The lowest BCUT2D eigenvalue weighted by Gasteiger charge is -2.18. The van der Waals surface area contributed by atoms with Crippen molar-refractivity contribution < 1.29 is 20.1 Å². The number of aliphatic hydroxyl groups is 3. The first-order valence-corrected chi connectivity index (χ1v) is 6.71. The fraction of sp³-hybridized carbons (Fsp3) is 0.909. The quantitative estimate of drug-likeness (QED) is 0.409. The van der Waals surface area contributed by atoms with Crippen molar-refractivity contribution in [1.82, 2.24) is 0 Å². The maximum absolute atomic E-state index is 10.2. The maximum atomic E-state index is 10.2. The molecule has 0 saturated heterocycles. The van der Waals surface area contributed by atoms with E-state index in [0.717, 1.165) is 18.6 Å². The number of carbonyl (C=O) groups is 1. The van der Waals surface area contributed by atoms with Gasteiger partial charge >= 0.3 is 0 Å². The van der Waals surface area contributed by atoms with Gasteiger partial charge in [-0.15, -0.1) is 0 Å². The molecule has 0 aromatic heterocycles. The van der Waals surface area contributed by atoms with Crippen LogP contribution in [0.25, 0.3) is 0 Å². The standard InChI is InChI=1S/C11H22O4S/c1-8(2)4-3-5-16-7-10(14)11(15)9(13)6-12/h6,8-11,13-15H,3-5,7H2,1-2H3/t9-,10+,11-/m0/s1. The monoisotopic (exact) mass is 250 g/mol. The van der Waals surface area contributed by atoms with Crippen LogP contribution in [0.2, 0.25) is 0 Å². The molecule has 3 atom stereocenters. The Kier molecular flexibility index (Phi) is 8.93. The van der Waals surface area contributed by atoms with Crippen molar-refractivity contribution in [3.8, 4) is 0 Å². The lowest BCUT2D eigenvalue weighted by atomic mass is 10.1. The molecule has 0 heterocycles. The number of aliphatic hydroxyl groups excluding tert-OH is 3. The number of rotatable bonds is 9. The molecule has 3 N–H and O–H groups in total. The SMILES string of the molecule is CC(C)CCCSC[C@@H](O)[C@@H](O)[C@@H](O)C=O. The molecule has 0 amide bonds. The third-order valence-electron chi connectivity index (χ3n) is 2.24. The average Bonchev–Trinajstić information content (AvgIpc) is 2.25. The molecule has 0 rings (SSSR count). The van der Waals surface area contributed by atoms with Gasteiger partial charge < -0.3 is 20.1 Å². The molecule has 0 aromatic carbocycles. The zero-order valence-electron chi connectivity index (χ0n) is 9.87. The molecular weight excluding hydrogens is 228 g/mol. The molecule has 0 bridgehead atoms. The normalized spacial score (nSPS) is 17.1. The Labute approximate surface area is 101 Å². The number of hydrogen-bond donors (Lipinski definition) is 3. The first-order valence-electron chi connectivity index (χ1n) is 5.56. The molecule has 0 aromatic rings. The third-order valence-corrected chi connectivity index (χ3v) is 3.40. The minimum atomic E-state index is -1.49. The van der Waals surface area contributed by atoms with Gasteiger partial charge in [-0.1, -0.05) is 20.3 Å². The Balaban J connectivity index is 3.57. The van der Waals surface area contributed by atoms with E-state index in [1.807, 2.05) is 0 Å². The van der Waals surface area contributed by atoms with Crippen LogP contribution in [-0.2, 0) is 4.79 Å². The highest BCUT2D eigenvalue weighted by atomic mass is 32.2. The van der Waals surface area contributed by atoms with Crippen molar-refractivity contribution in [1.29, 1.82) is 0 Å². The smallest absolute Gasteiger partial charge is 0.151 e. The fourth-order valence-corrected chi connectivity index (χ4v) is 2.18. The Bertz CT molecular complexity index is 187. The lowest BCUT2D eigenvalue weighted by molar-refractivity contribution is -0.124. The van der Waals surface area contributed by atoms with Gasteiger partial charge in [0.1, 0.15) is 12.2 Å². The van der Waals surface area contributed by atoms with Crippen LogP contribution < -0.4 is 0 Å². The van der Waals surface area contributed by atoms with Crippen LogP contribution >= 0.6 is 11.8 Å². The zero-order valence-corrected chi connectivity index (χ0v) is 10.7. The van der Waals surface area contributed by atoms with Gasteiger partial charge in [0.15, 0.2) is 6.29 Å². The van der Waals surface area contributed by atoms with E-state index >= 15 is 0 Å². The maximum Gasteiger partial charge on any atom is 0.151 e. The van der Waals surface area contributed by atoms with Gasteiger partial charge in [-0.25, -0.2) is 0 Å². The molecule has 0 aliphatic carbocycles. The topological polar surface area (TPSA) is 77.8 Å². The average molecular weight is 250 g/mol. The van der Waals surface area contributed by atoms with E-state index in [1.54, 1.807) is 0 Å². The predicted octanol–water partition coefficient (Wildman–Crippen LogP) is 0.437. The summed E-state index contributed by atoms with van der Waals surface area (Å²) in [5, 5.41) is 27.7. The highest BCUT2D eigenvalue weighted by molar-refractivity contribution is 7.99. The van der Waals surface area contributed by atoms with Crippen molar-refractivity contribution in [2.45, 2.75) is 45.0 Å². The summed E-state index contributed by atoms with van der Waals surface area (Å²) < 4.78 is 0. The number of hydrogen-bond acceptors (Lipinski definition) is 5. The summed E-state index contributed by atoms with van der Waals surface area (Å²) in [6.07, 6.45) is -1.48. The van der Waals surface area contributed by atoms with Gasteiger partial charge in [-0.3, -0.25) is 0 Å². The van der Waals surface area contributed by atoms with E-state index in [0.29, 0.717) is 11.7 Å². The minimum absolute atomic E-state index is 0.233. The largest absolute Gasteiger partial charge is 0.389 e. The predicted molar refractivity (Wildman–Crippen MR) is 65.5 cm³/mol. The van der Waals surface area contributed by atoms with E-state index in [9.17, 15) is 15.0 Å². The summed E-state index contributed by atoms with van der Waals surface area (Å²) in [7, 11) is 0. The van der Waals surface area contributed by atoms with Crippen LogP contribution in [0.5, 0.6) is 0 Å². The van der Waals surface area contributed by atoms with Gasteiger partial charge in [-0.2, -0.15) is 11.8 Å². The second-order valence-corrected chi connectivity index (χ2v) is 5.45. The van der Waals surface area contributed by atoms with Crippen LogP contribution in [0.4, 0.5) is 0 Å². The van der Waals surface area contributed by atoms with E-state index in [2.05, 4.69) is 13.8 Å². The molecule has 0 fully saturated rings. The summed E-state index contributed by atoms with van der Waals surface area (Å²) in [4.78, 5) is 10.2. The van der Waals surface area contributed by atoms with Crippen molar-refractivity contribution >= 4 is 18.0 Å². The molecule has 5 heteroatoms. The van der Waals surface area contributed by atoms with E-state index in [4.69, 9.17) is 5.11 Å². The van der Waals surface area contributed by atoms with Gasteiger partial charge in [0.25, 0.3) is 0 Å². The molecular formula is C11H22O4S. The van der Waals surface area contributed by atoms with Crippen molar-refractivity contribution in [3.63, 3.8) is 0 Å². The van der Waals surface area contributed by atoms with Crippen molar-refractivity contribution in [3.05, 3.63) is 0 Å². The summed E-state index contributed by atoms with van der Waals surface area (Å²) in [5.41, 5.74) is 0. The van der Waals surface area contributed by atoms with Gasteiger partial charge in [-0.05, 0) is 18.1 Å². The van der Waals surface area contributed by atoms with Crippen LogP contribution in [-0.4, -0.2) is 51.4 Å². The van der Waals surface area contributed by atoms with E-state index in [1.165, 1.54) is 11.8 Å². The van der Waals surface area contributed by atoms with Crippen molar-refractivity contribution in [2.24, 2.45) is 5.92 Å². The molecule has 4 nitrogen and oxygen atoms in total. The van der Waals surface area contributed by atoms with Gasteiger partial charge in [0, 0.05) is 5.75 Å². The first kappa shape index (κ1) is 15.9. The molecule has 96 valence electrons. The fourth-order valence-electron chi connectivity index (χ4n) is 1.20. The van der Waals surface area contributed by atoms with Crippen LogP contribution in [0.15, 0.2) is 0 Å². The van der Waals surface area contributed by atoms with Crippen LogP contribution in [0.1, 0.15) is 26.7 Å². The summed E-state index contributed by atoms with van der Waals surface area (Å²) in [6, 6.07) is 0. The Morgan fingerprint density at radius 3 is 2.38 bits per heavy atom. The summed E-state index contributed by atoms with van der Waals surface area (Å²) in [6.45, 7) is 4.31. The molecule has 0 aliphatic heterocycles. The highest BCUT2D eigenvalue weighted by Crippen LogP contribution is 2.12. The van der Waals surface area contributed by atoms with Crippen LogP contribution in [0, 0.1) is 5.92 Å². The molecule has 0 saturated carbocycles. The first-order chi connectivity index (χ1) is 7.49. The molecule has 0 aliphatic rings. The lowest BCUT2D eigenvalue weighted by Crippen LogP contribution is -2.39. The zero-order chi connectivity index (χ0) is 12.6. The molecule has 16 heavy (non-hydrogen) atoms. The van der Waals surface area contributed by atoms with Crippen LogP contribution in [0.3, 0.4) is 0 Å². The van der Waals surface area contributed by atoms with Gasteiger partial charge in [0.2, 0.25) is 0 Å². The van der Waals surface area contributed by atoms with E-state index < -0.39 is 18.3 Å². The molecule has 0 radical (unpaired) electrons. The third kappa shape index (κ3) is 7.22. The van der Waals surface area contributed by atoms with Crippen molar-refractivity contribution in [2.75, 3.05) is 11.5 Å². The second kappa shape index (κ2) is 8.98. The minimum Gasteiger partial charge on any atom is -0.389 e. The molecule has 0 spiro atoms. The highest BCUT2D eigenvalue weighted by Gasteiger charge is 2.23. The Hall–Kier alpha value is -0.100. The Morgan fingerprint density at radius 2 is 1.88 bits per heavy atom. The number of carbonyl (C=O) groups excluding carboxylic acids is 1. The molecule has 0 unspecified atom stereocenters. The Morgan fingerprint density at radius 1 is 1.25 bits per heavy atom. The summed E-state index contributed by atoms with van der Waals surface area (Å²) >= 11 is 1.52. The van der Waals surface area contributed by atoms with Gasteiger partial charge in [0.05, 0.1) is 6.10 Å². The second-order valence-electron chi connectivity index (χ2n) is 4.30. The van der Waals surface area contributed by atoms with E-state index in [-0.39, 0.29) is 6.29 Å². The number of thioether (sulfide) groups is 1. The number of aldehydes is 1. The summed E-state index contributed by atoms with van der Waals surface area (Å²) in [5.74, 6) is 1.93.